The van der Waals surface area contributed by atoms with E-state index in [1.54, 1.807) is 0 Å². The van der Waals surface area contributed by atoms with Gasteiger partial charge in [-0.25, -0.2) is 4.98 Å². The predicted molar refractivity (Wildman–Crippen MR) is 81.7 cm³/mol. The predicted octanol–water partition coefficient (Wildman–Crippen LogP) is 3.99. The number of nitrogens with zero attached hydrogens (tertiary/aromatic N) is 2. The summed E-state index contributed by atoms with van der Waals surface area (Å²) in [5, 5.41) is 1.14. The van der Waals surface area contributed by atoms with Crippen molar-refractivity contribution in [2.24, 2.45) is 5.92 Å². The van der Waals surface area contributed by atoms with Crippen LogP contribution in [0, 0.1) is 5.92 Å². The van der Waals surface area contributed by atoms with Gasteiger partial charge in [-0.3, -0.25) is 0 Å². The van der Waals surface area contributed by atoms with Crippen molar-refractivity contribution in [3.63, 3.8) is 0 Å². The Balaban J connectivity index is 2.02. The molecule has 2 rings (SSSR count). The summed E-state index contributed by atoms with van der Waals surface area (Å²) in [6, 6.07) is 4.40. The lowest BCUT2D eigenvalue weighted by Crippen LogP contribution is -2.34. The SMILES string of the molecule is CC(C)(C)c1ccc(N2CCC(CBr)CC2)nc1. The van der Waals surface area contributed by atoms with E-state index in [-0.39, 0.29) is 5.41 Å². The molecule has 100 valence electrons. The van der Waals surface area contributed by atoms with Crippen molar-refractivity contribution in [1.29, 1.82) is 0 Å². The summed E-state index contributed by atoms with van der Waals surface area (Å²) in [6.07, 6.45) is 4.58. The van der Waals surface area contributed by atoms with Crippen LogP contribution in [-0.2, 0) is 5.41 Å². The molecule has 0 aliphatic carbocycles. The average Bonchev–Trinajstić information content (AvgIpc) is 2.38. The highest BCUT2D eigenvalue weighted by Crippen LogP contribution is 2.26. The van der Waals surface area contributed by atoms with Crippen LogP contribution in [0.4, 0.5) is 5.82 Å². The summed E-state index contributed by atoms with van der Waals surface area (Å²) < 4.78 is 0. The number of alkyl halides is 1. The second-order valence-electron chi connectivity index (χ2n) is 6.24. The van der Waals surface area contributed by atoms with E-state index < -0.39 is 0 Å². The van der Waals surface area contributed by atoms with Crippen LogP contribution in [0.3, 0.4) is 0 Å². The highest BCUT2D eigenvalue weighted by molar-refractivity contribution is 9.09. The maximum absolute atomic E-state index is 4.63. The Bertz CT molecular complexity index is 372. The summed E-state index contributed by atoms with van der Waals surface area (Å²) in [5.41, 5.74) is 1.50. The van der Waals surface area contributed by atoms with Gasteiger partial charge in [0, 0.05) is 24.6 Å². The van der Waals surface area contributed by atoms with Crippen LogP contribution in [0.15, 0.2) is 18.3 Å². The first-order valence-electron chi connectivity index (χ1n) is 6.78. The van der Waals surface area contributed by atoms with Crippen molar-refractivity contribution in [2.45, 2.75) is 39.0 Å². The van der Waals surface area contributed by atoms with Crippen molar-refractivity contribution in [3.05, 3.63) is 23.9 Å². The van der Waals surface area contributed by atoms with E-state index in [4.69, 9.17) is 0 Å². The van der Waals surface area contributed by atoms with Crippen molar-refractivity contribution in [1.82, 2.24) is 4.98 Å². The normalized spacial score (nSPS) is 18.1. The van der Waals surface area contributed by atoms with Crippen LogP contribution in [0.1, 0.15) is 39.2 Å². The van der Waals surface area contributed by atoms with E-state index in [0.717, 1.165) is 30.2 Å². The van der Waals surface area contributed by atoms with E-state index in [1.807, 2.05) is 6.20 Å². The van der Waals surface area contributed by atoms with Gasteiger partial charge in [-0.1, -0.05) is 42.8 Å². The Morgan fingerprint density at radius 3 is 2.39 bits per heavy atom. The molecule has 0 aromatic carbocycles. The summed E-state index contributed by atoms with van der Waals surface area (Å²) in [7, 11) is 0. The summed E-state index contributed by atoms with van der Waals surface area (Å²) in [4.78, 5) is 7.04. The Morgan fingerprint density at radius 2 is 1.94 bits per heavy atom. The molecule has 1 saturated heterocycles. The van der Waals surface area contributed by atoms with Crippen molar-refractivity contribution in [3.8, 4) is 0 Å². The van der Waals surface area contributed by atoms with E-state index in [2.05, 4.69) is 58.7 Å². The molecule has 1 aliphatic rings. The third-order valence-electron chi connectivity index (χ3n) is 3.77. The lowest BCUT2D eigenvalue weighted by atomic mass is 9.88. The maximum atomic E-state index is 4.63. The lowest BCUT2D eigenvalue weighted by Gasteiger charge is -2.32. The molecular formula is C15H23BrN2. The van der Waals surface area contributed by atoms with Gasteiger partial charge in [-0.05, 0) is 35.8 Å². The highest BCUT2D eigenvalue weighted by atomic mass is 79.9. The van der Waals surface area contributed by atoms with E-state index >= 15 is 0 Å². The second-order valence-corrected chi connectivity index (χ2v) is 6.89. The van der Waals surface area contributed by atoms with Crippen molar-refractivity contribution < 1.29 is 0 Å². The lowest BCUT2D eigenvalue weighted by molar-refractivity contribution is 0.445. The standard InChI is InChI=1S/C15H23BrN2/c1-15(2,3)13-4-5-14(17-11-13)18-8-6-12(10-16)7-9-18/h4-5,11-12H,6-10H2,1-3H3. The summed E-state index contributed by atoms with van der Waals surface area (Å²) in [5.74, 6) is 1.98. The zero-order valence-corrected chi connectivity index (χ0v) is 13.2. The minimum Gasteiger partial charge on any atom is -0.357 e. The molecule has 0 unspecified atom stereocenters. The third-order valence-corrected chi connectivity index (χ3v) is 4.69. The molecule has 1 aliphatic heterocycles. The zero-order chi connectivity index (χ0) is 13.2. The van der Waals surface area contributed by atoms with Crippen LogP contribution in [-0.4, -0.2) is 23.4 Å². The molecule has 3 heteroatoms. The minimum atomic E-state index is 0.189. The monoisotopic (exact) mass is 310 g/mol. The van der Waals surface area contributed by atoms with Gasteiger partial charge in [0.25, 0.3) is 0 Å². The first-order valence-corrected chi connectivity index (χ1v) is 7.90. The number of aromatic nitrogens is 1. The molecule has 0 spiro atoms. The quantitative estimate of drug-likeness (QED) is 0.768. The summed E-state index contributed by atoms with van der Waals surface area (Å²) >= 11 is 3.58. The Morgan fingerprint density at radius 1 is 1.28 bits per heavy atom. The summed E-state index contributed by atoms with van der Waals surface area (Å²) in [6.45, 7) is 8.96. The molecular weight excluding hydrogens is 288 g/mol. The fourth-order valence-electron chi connectivity index (χ4n) is 2.33. The van der Waals surface area contributed by atoms with Gasteiger partial charge >= 0.3 is 0 Å². The van der Waals surface area contributed by atoms with Crippen LogP contribution in [0.5, 0.6) is 0 Å². The first kappa shape index (κ1) is 13.9. The maximum Gasteiger partial charge on any atom is 0.128 e. The van der Waals surface area contributed by atoms with Crippen LogP contribution >= 0.6 is 15.9 Å². The highest BCUT2D eigenvalue weighted by Gasteiger charge is 2.20. The number of pyridine rings is 1. The van der Waals surface area contributed by atoms with Gasteiger partial charge in [0.05, 0.1) is 0 Å². The molecule has 0 saturated carbocycles. The number of anilines is 1. The largest absolute Gasteiger partial charge is 0.357 e. The molecule has 18 heavy (non-hydrogen) atoms. The number of halogens is 1. The van der Waals surface area contributed by atoms with Gasteiger partial charge < -0.3 is 4.90 Å². The second kappa shape index (κ2) is 5.60. The van der Waals surface area contributed by atoms with Gasteiger partial charge in [-0.2, -0.15) is 0 Å². The molecule has 0 amide bonds. The molecule has 0 bridgehead atoms. The molecule has 1 aromatic rings. The Labute approximate surface area is 119 Å². The van der Waals surface area contributed by atoms with Gasteiger partial charge in [-0.15, -0.1) is 0 Å². The molecule has 1 aromatic heterocycles. The average molecular weight is 311 g/mol. The molecule has 2 heterocycles. The molecule has 0 radical (unpaired) electrons. The van der Waals surface area contributed by atoms with E-state index in [9.17, 15) is 0 Å². The van der Waals surface area contributed by atoms with Crippen LogP contribution < -0.4 is 4.90 Å². The van der Waals surface area contributed by atoms with Crippen LogP contribution in [0.2, 0.25) is 0 Å². The minimum absolute atomic E-state index is 0.189. The van der Waals surface area contributed by atoms with Crippen molar-refractivity contribution >= 4 is 21.7 Å². The number of hydrogen-bond acceptors (Lipinski definition) is 2. The number of hydrogen-bond donors (Lipinski definition) is 0. The third kappa shape index (κ3) is 3.25. The number of rotatable bonds is 2. The fourth-order valence-corrected chi connectivity index (χ4v) is 2.98. The van der Waals surface area contributed by atoms with Gasteiger partial charge in [0.1, 0.15) is 5.82 Å². The smallest absolute Gasteiger partial charge is 0.128 e. The first-order chi connectivity index (χ1) is 8.50. The molecule has 1 fully saturated rings. The van der Waals surface area contributed by atoms with Crippen molar-refractivity contribution in [2.75, 3.05) is 23.3 Å². The van der Waals surface area contributed by atoms with Gasteiger partial charge in [0.2, 0.25) is 0 Å². The fraction of sp³-hybridized carbons (Fsp3) is 0.667. The number of piperidine rings is 1. The van der Waals surface area contributed by atoms with Gasteiger partial charge in [0.15, 0.2) is 0 Å². The Hall–Kier alpha value is -0.570. The topological polar surface area (TPSA) is 16.1 Å². The molecule has 0 N–H and O–H groups in total. The van der Waals surface area contributed by atoms with Crippen LogP contribution in [0.25, 0.3) is 0 Å². The zero-order valence-electron chi connectivity index (χ0n) is 11.6. The molecule has 2 nitrogen and oxygen atoms in total. The Kier molecular flexibility index (Phi) is 4.31. The molecule has 0 atom stereocenters. The van der Waals surface area contributed by atoms with E-state index in [1.165, 1.54) is 18.4 Å². The van der Waals surface area contributed by atoms with E-state index in [0.29, 0.717) is 0 Å².